The van der Waals surface area contributed by atoms with Gasteiger partial charge in [0.1, 0.15) is 0 Å². The molecule has 2 amide bonds. The van der Waals surface area contributed by atoms with Crippen molar-refractivity contribution in [2.75, 3.05) is 0 Å². The third-order valence-electron chi connectivity index (χ3n) is 7.15. The van der Waals surface area contributed by atoms with Gasteiger partial charge in [-0.2, -0.15) is 0 Å². The fourth-order valence-corrected chi connectivity index (χ4v) is 4.80. The molecule has 1 aliphatic carbocycles. The van der Waals surface area contributed by atoms with Crippen LogP contribution in [0.2, 0.25) is 0 Å². The maximum atomic E-state index is 13.3. The molecule has 0 saturated heterocycles. The second-order valence-corrected chi connectivity index (χ2v) is 9.36. The number of nitrogens with one attached hydrogen (secondary N) is 1. The summed E-state index contributed by atoms with van der Waals surface area (Å²) < 4.78 is 0. The predicted octanol–water partition coefficient (Wildman–Crippen LogP) is 4.73. The second-order valence-electron chi connectivity index (χ2n) is 9.36. The molecule has 1 heterocycles. The molecule has 3 N–H and O–H groups in total. The molecule has 0 spiro atoms. The van der Waals surface area contributed by atoms with Crippen molar-refractivity contribution < 1.29 is 9.59 Å². The van der Waals surface area contributed by atoms with Crippen LogP contribution < -0.4 is 11.1 Å². The number of rotatable bonds is 8. The van der Waals surface area contributed by atoms with Crippen LogP contribution in [0.1, 0.15) is 86.4 Å². The topological polar surface area (TPSA) is 87.8 Å². The first kappa shape index (κ1) is 23.0. The molecule has 2 aliphatic rings. The van der Waals surface area contributed by atoms with Crippen LogP contribution in [0.5, 0.6) is 0 Å². The highest BCUT2D eigenvalue weighted by molar-refractivity contribution is 6.00. The van der Waals surface area contributed by atoms with Gasteiger partial charge in [0, 0.05) is 5.56 Å². The summed E-state index contributed by atoms with van der Waals surface area (Å²) in [7, 11) is 0. The van der Waals surface area contributed by atoms with Crippen LogP contribution in [0.4, 0.5) is 0 Å². The quantitative estimate of drug-likeness (QED) is 0.614. The van der Waals surface area contributed by atoms with Gasteiger partial charge in [-0.25, -0.2) is 4.99 Å². The first-order valence-electron chi connectivity index (χ1n) is 12.0. The van der Waals surface area contributed by atoms with Crippen molar-refractivity contribution in [3.8, 4) is 0 Å². The summed E-state index contributed by atoms with van der Waals surface area (Å²) in [5.74, 6) is 0.528. The molecule has 2 aromatic carbocycles. The van der Waals surface area contributed by atoms with E-state index in [1.54, 1.807) is 4.90 Å². The van der Waals surface area contributed by atoms with Gasteiger partial charge < -0.3 is 11.1 Å². The Morgan fingerprint density at radius 1 is 1.12 bits per heavy atom. The number of guanidine groups is 1. The average Bonchev–Trinajstić information content (AvgIpc) is 3.67. The van der Waals surface area contributed by atoms with E-state index in [0.29, 0.717) is 23.9 Å². The predicted molar refractivity (Wildman–Crippen MR) is 131 cm³/mol. The van der Waals surface area contributed by atoms with Crippen LogP contribution >= 0.6 is 0 Å². The van der Waals surface area contributed by atoms with E-state index in [0.717, 1.165) is 36.8 Å². The molecule has 174 valence electrons. The first-order chi connectivity index (χ1) is 15.9. The first-order valence-corrected chi connectivity index (χ1v) is 12.0. The molecule has 6 nitrogen and oxygen atoms in total. The number of hydrogen-bond donors (Lipinski definition) is 2. The van der Waals surface area contributed by atoms with Gasteiger partial charge in [0.15, 0.2) is 5.96 Å². The van der Waals surface area contributed by atoms with Crippen molar-refractivity contribution in [2.24, 2.45) is 16.6 Å². The van der Waals surface area contributed by atoms with Crippen LogP contribution in [0.3, 0.4) is 0 Å². The number of amides is 2. The Balaban J connectivity index is 1.59. The zero-order chi connectivity index (χ0) is 23.6. The van der Waals surface area contributed by atoms with E-state index in [9.17, 15) is 9.59 Å². The van der Waals surface area contributed by atoms with Gasteiger partial charge in [-0.05, 0) is 61.8 Å². The van der Waals surface area contributed by atoms with Gasteiger partial charge in [0.2, 0.25) is 5.91 Å². The highest BCUT2D eigenvalue weighted by Gasteiger charge is 2.45. The molecule has 1 aliphatic heterocycles. The zero-order valence-corrected chi connectivity index (χ0v) is 19.8. The molecule has 4 rings (SSSR count). The van der Waals surface area contributed by atoms with E-state index in [-0.39, 0.29) is 23.9 Å². The van der Waals surface area contributed by atoms with E-state index in [1.165, 1.54) is 0 Å². The molecule has 1 fully saturated rings. The van der Waals surface area contributed by atoms with E-state index < -0.39 is 5.54 Å². The minimum absolute atomic E-state index is 0.0238. The Morgan fingerprint density at radius 3 is 2.39 bits per heavy atom. The number of nitrogens with two attached hydrogens (primary N) is 1. The molecular weight excluding hydrogens is 412 g/mol. The largest absolute Gasteiger partial charge is 0.369 e. The van der Waals surface area contributed by atoms with Gasteiger partial charge in [0.05, 0.1) is 24.0 Å². The normalized spacial score (nSPS) is 19.5. The summed E-state index contributed by atoms with van der Waals surface area (Å²) in [6, 6.07) is 17.2. The summed E-state index contributed by atoms with van der Waals surface area (Å²) >= 11 is 0. The molecular formula is C27H34N4O2. The van der Waals surface area contributed by atoms with Gasteiger partial charge in [0.25, 0.3) is 5.91 Å². The lowest BCUT2D eigenvalue weighted by atomic mass is 9.87. The van der Waals surface area contributed by atoms with E-state index in [2.05, 4.69) is 19.2 Å². The van der Waals surface area contributed by atoms with Crippen LogP contribution in [0.15, 0.2) is 59.6 Å². The Morgan fingerprint density at radius 2 is 1.79 bits per heavy atom. The molecule has 6 heteroatoms. The molecule has 33 heavy (non-hydrogen) atoms. The Bertz CT molecular complexity index is 1040. The van der Waals surface area contributed by atoms with Crippen LogP contribution in [-0.4, -0.2) is 28.2 Å². The Labute approximate surface area is 196 Å². The highest BCUT2D eigenvalue weighted by atomic mass is 16.2. The summed E-state index contributed by atoms with van der Waals surface area (Å²) in [5, 5.41) is 3.08. The minimum Gasteiger partial charge on any atom is -0.369 e. The van der Waals surface area contributed by atoms with Crippen molar-refractivity contribution in [2.45, 2.75) is 70.5 Å². The summed E-state index contributed by atoms with van der Waals surface area (Å²) in [5.41, 5.74) is 8.57. The summed E-state index contributed by atoms with van der Waals surface area (Å²) in [6.45, 7) is 6.08. The maximum absolute atomic E-state index is 13.3. The molecule has 0 bridgehead atoms. The molecule has 1 saturated carbocycles. The average molecular weight is 447 g/mol. The van der Waals surface area contributed by atoms with Crippen LogP contribution in [0.25, 0.3) is 0 Å². The van der Waals surface area contributed by atoms with Crippen molar-refractivity contribution >= 4 is 17.8 Å². The molecule has 0 radical (unpaired) electrons. The number of aliphatic imine (C=N–C) groups is 1. The van der Waals surface area contributed by atoms with Crippen molar-refractivity contribution in [3.05, 3.63) is 71.3 Å². The minimum atomic E-state index is -0.402. The standard InChI is InChI=1S/C27H34N4O2/c1-4-27(5-2)17-23(32)31(26(28)30-27)24(20-14-15-20)21-12-9-13-22(16-21)25(33)29-18(3)19-10-7-6-8-11-19/h6-13,16,18,20,24H,4-5,14-15,17H2,1-3H3,(H2,28,30)(H,29,33)/t18-,24?/m0/s1. The zero-order valence-electron chi connectivity index (χ0n) is 19.8. The SMILES string of the molecule is CCC1(CC)CC(=O)N(C(c2cccc(C(=O)N[C@@H](C)c3ccccc3)c2)C2CC2)C(N)=N1. The van der Waals surface area contributed by atoms with E-state index >= 15 is 0 Å². The smallest absolute Gasteiger partial charge is 0.251 e. The molecule has 0 aromatic heterocycles. The van der Waals surface area contributed by atoms with Crippen LogP contribution in [-0.2, 0) is 4.79 Å². The highest BCUT2D eigenvalue weighted by Crippen LogP contribution is 2.46. The number of nitrogens with zero attached hydrogens (tertiary/aromatic N) is 2. The lowest BCUT2D eigenvalue weighted by Crippen LogP contribution is -2.53. The maximum Gasteiger partial charge on any atom is 0.251 e. The van der Waals surface area contributed by atoms with Crippen LogP contribution in [0, 0.1) is 5.92 Å². The van der Waals surface area contributed by atoms with Crippen molar-refractivity contribution in [1.29, 1.82) is 0 Å². The Hall–Kier alpha value is -3.15. The lowest BCUT2D eigenvalue weighted by Gasteiger charge is -2.40. The lowest BCUT2D eigenvalue weighted by molar-refractivity contribution is -0.132. The van der Waals surface area contributed by atoms with Gasteiger partial charge >= 0.3 is 0 Å². The number of carbonyl (C=O) groups excluding carboxylic acids is 2. The third kappa shape index (κ3) is 4.80. The monoisotopic (exact) mass is 446 g/mol. The summed E-state index contributed by atoms with van der Waals surface area (Å²) in [4.78, 5) is 32.8. The number of carbonyl (C=O) groups is 2. The Kier molecular flexibility index (Phi) is 6.54. The van der Waals surface area contributed by atoms with E-state index in [4.69, 9.17) is 10.7 Å². The van der Waals surface area contributed by atoms with Gasteiger partial charge in [-0.3, -0.25) is 14.5 Å². The van der Waals surface area contributed by atoms with Gasteiger partial charge in [-0.15, -0.1) is 0 Å². The van der Waals surface area contributed by atoms with Crippen molar-refractivity contribution in [3.63, 3.8) is 0 Å². The second kappa shape index (κ2) is 9.38. The molecule has 2 aromatic rings. The fraction of sp³-hybridized carbons (Fsp3) is 0.444. The van der Waals surface area contributed by atoms with Crippen molar-refractivity contribution in [1.82, 2.24) is 10.2 Å². The summed E-state index contributed by atoms with van der Waals surface area (Å²) in [6.07, 6.45) is 4.02. The van der Waals surface area contributed by atoms with Gasteiger partial charge in [-0.1, -0.05) is 56.3 Å². The fourth-order valence-electron chi connectivity index (χ4n) is 4.80. The number of hydrogen-bond acceptors (Lipinski definition) is 4. The van der Waals surface area contributed by atoms with E-state index in [1.807, 2.05) is 61.5 Å². The number of benzene rings is 2. The molecule has 2 atom stereocenters. The third-order valence-corrected chi connectivity index (χ3v) is 7.15. The molecule has 1 unspecified atom stereocenters.